The smallest absolute Gasteiger partial charge is 0.292 e. The maximum Gasteiger partial charge on any atom is 0.292 e. The van der Waals surface area contributed by atoms with Crippen molar-refractivity contribution in [1.29, 1.82) is 0 Å². The lowest BCUT2D eigenvalue weighted by molar-refractivity contribution is 0.101. The van der Waals surface area contributed by atoms with E-state index in [-0.39, 0.29) is 17.2 Å². The molecule has 2 heterocycles. The van der Waals surface area contributed by atoms with Crippen molar-refractivity contribution in [1.82, 2.24) is 9.38 Å². The van der Waals surface area contributed by atoms with Gasteiger partial charge in [0.2, 0.25) is 5.82 Å². The van der Waals surface area contributed by atoms with E-state index in [2.05, 4.69) is 15.6 Å². The number of benzene rings is 2. The fraction of sp³-hybridized carbons (Fsp3) is 0.0455. The van der Waals surface area contributed by atoms with E-state index in [4.69, 9.17) is 0 Å². The number of nitrogens with one attached hydrogen (secondary N) is 2. The highest BCUT2D eigenvalue weighted by Crippen LogP contribution is 2.19. The lowest BCUT2D eigenvalue weighted by Gasteiger charge is -2.06. The molecule has 2 amide bonds. The fourth-order valence-corrected chi connectivity index (χ4v) is 3.00. The lowest BCUT2D eigenvalue weighted by Crippen LogP contribution is -2.17. The average molecular weight is 388 g/mol. The Bertz CT molecular complexity index is 1140. The number of para-hydroxylation sites is 2. The average Bonchev–Trinajstić information content (AvgIpc) is 3.11. The summed E-state index contributed by atoms with van der Waals surface area (Å²) in [7, 11) is 0. The van der Waals surface area contributed by atoms with Gasteiger partial charge in [0.25, 0.3) is 11.8 Å². The number of hydrogen-bond donors (Lipinski definition) is 2. The van der Waals surface area contributed by atoms with Gasteiger partial charge in [-0.1, -0.05) is 36.4 Å². The van der Waals surface area contributed by atoms with Gasteiger partial charge in [-0.15, -0.1) is 0 Å². The Kier molecular flexibility index (Phi) is 4.78. The maximum atomic E-state index is 13.9. The molecule has 0 aliphatic heterocycles. The number of imidazole rings is 1. The minimum atomic E-state index is -0.619. The highest BCUT2D eigenvalue weighted by molar-refractivity contribution is 6.10. The van der Waals surface area contributed by atoms with Crippen molar-refractivity contribution in [3.8, 4) is 0 Å². The molecule has 0 aliphatic carbocycles. The Hall–Kier alpha value is -4.00. The van der Waals surface area contributed by atoms with E-state index in [1.165, 1.54) is 22.6 Å². The molecule has 144 valence electrons. The van der Waals surface area contributed by atoms with E-state index in [1.807, 2.05) is 25.1 Å². The van der Waals surface area contributed by atoms with Crippen LogP contribution in [0, 0.1) is 12.7 Å². The molecule has 0 spiro atoms. The van der Waals surface area contributed by atoms with Crippen LogP contribution in [0.3, 0.4) is 0 Å². The summed E-state index contributed by atoms with van der Waals surface area (Å²) in [6, 6.07) is 18.4. The molecule has 4 rings (SSSR count). The molecule has 0 saturated carbocycles. The summed E-state index contributed by atoms with van der Waals surface area (Å²) in [5, 5.41) is 5.32. The minimum Gasteiger partial charge on any atom is -0.320 e. The summed E-state index contributed by atoms with van der Waals surface area (Å²) in [5.41, 5.74) is 2.18. The Balaban J connectivity index is 1.70. The molecule has 7 heteroatoms. The molecule has 0 unspecified atom stereocenters. The molecule has 29 heavy (non-hydrogen) atoms. The number of rotatable bonds is 4. The number of carbonyl (C=O) groups excluding carboxylic acids is 2. The molecule has 0 bridgehead atoms. The summed E-state index contributed by atoms with van der Waals surface area (Å²) in [6.45, 7) is 1.88. The fourth-order valence-electron chi connectivity index (χ4n) is 3.00. The first kappa shape index (κ1) is 18.4. The summed E-state index contributed by atoms with van der Waals surface area (Å²) in [6.07, 6.45) is 1.63. The van der Waals surface area contributed by atoms with Gasteiger partial charge in [0.15, 0.2) is 5.69 Å². The second kappa shape index (κ2) is 7.55. The van der Waals surface area contributed by atoms with E-state index in [9.17, 15) is 14.0 Å². The van der Waals surface area contributed by atoms with Gasteiger partial charge in [-0.3, -0.25) is 14.0 Å². The van der Waals surface area contributed by atoms with Gasteiger partial charge >= 0.3 is 0 Å². The van der Waals surface area contributed by atoms with E-state index >= 15 is 0 Å². The number of aryl methyl sites for hydroxylation is 1. The van der Waals surface area contributed by atoms with Crippen LogP contribution in [0.4, 0.5) is 15.8 Å². The second-order valence-corrected chi connectivity index (χ2v) is 6.44. The summed E-state index contributed by atoms with van der Waals surface area (Å²) in [4.78, 5) is 29.8. The van der Waals surface area contributed by atoms with Crippen LogP contribution in [-0.4, -0.2) is 21.2 Å². The number of pyridine rings is 1. The highest BCUT2D eigenvalue weighted by atomic mass is 19.1. The number of anilines is 2. The van der Waals surface area contributed by atoms with E-state index in [0.717, 1.165) is 5.56 Å². The van der Waals surface area contributed by atoms with E-state index < -0.39 is 17.6 Å². The third-order valence-corrected chi connectivity index (χ3v) is 4.48. The Morgan fingerprint density at radius 1 is 0.862 bits per heavy atom. The molecule has 0 fully saturated rings. The normalized spacial score (nSPS) is 10.7. The number of halogens is 1. The first-order valence-corrected chi connectivity index (χ1v) is 8.94. The van der Waals surface area contributed by atoms with E-state index in [0.29, 0.717) is 11.2 Å². The van der Waals surface area contributed by atoms with Gasteiger partial charge in [0, 0.05) is 11.9 Å². The number of nitrogens with zero attached hydrogens (tertiary/aromatic N) is 2. The van der Waals surface area contributed by atoms with Gasteiger partial charge in [-0.05, 0) is 42.8 Å². The molecule has 2 aromatic carbocycles. The van der Waals surface area contributed by atoms with Crippen LogP contribution in [0.1, 0.15) is 26.7 Å². The van der Waals surface area contributed by atoms with Crippen molar-refractivity contribution in [3.63, 3.8) is 0 Å². The molecule has 6 nitrogen and oxygen atoms in total. The first-order valence-electron chi connectivity index (χ1n) is 8.94. The standard InChI is InChI=1S/C22H17FN4O2/c1-14-8-2-4-10-16(14)24-21(28)19-18-12-6-7-13-27(18)20(26-19)22(29)25-17-11-5-3-9-15(17)23/h2-13H,1H3,(H,24,28)(H,25,29). The van der Waals surface area contributed by atoms with Gasteiger partial charge in [-0.2, -0.15) is 0 Å². The molecule has 0 aliphatic rings. The van der Waals surface area contributed by atoms with Crippen molar-refractivity contribution in [2.24, 2.45) is 0 Å². The zero-order valence-corrected chi connectivity index (χ0v) is 15.5. The second-order valence-electron chi connectivity index (χ2n) is 6.44. The van der Waals surface area contributed by atoms with Crippen LogP contribution in [0.5, 0.6) is 0 Å². The van der Waals surface area contributed by atoms with Crippen LogP contribution in [0.15, 0.2) is 72.9 Å². The van der Waals surface area contributed by atoms with Crippen molar-refractivity contribution >= 4 is 28.7 Å². The largest absolute Gasteiger partial charge is 0.320 e. The summed E-state index contributed by atoms with van der Waals surface area (Å²) < 4.78 is 15.4. The van der Waals surface area contributed by atoms with Crippen molar-refractivity contribution in [2.45, 2.75) is 6.92 Å². The Morgan fingerprint density at radius 3 is 2.28 bits per heavy atom. The molecule has 4 aromatic rings. The number of amides is 2. The minimum absolute atomic E-state index is 0.0150. The monoisotopic (exact) mass is 388 g/mol. The number of aromatic nitrogens is 2. The SMILES string of the molecule is Cc1ccccc1NC(=O)c1nc(C(=O)Nc2ccccc2F)n2ccccc12. The van der Waals surface area contributed by atoms with Crippen LogP contribution in [0.2, 0.25) is 0 Å². The lowest BCUT2D eigenvalue weighted by atomic mass is 10.2. The third kappa shape index (κ3) is 3.58. The van der Waals surface area contributed by atoms with Crippen LogP contribution in [-0.2, 0) is 0 Å². The molecular formula is C22H17FN4O2. The van der Waals surface area contributed by atoms with Crippen molar-refractivity contribution < 1.29 is 14.0 Å². The van der Waals surface area contributed by atoms with E-state index in [1.54, 1.807) is 36.5 Å². The number of carbonyl (C=O) groups is 2. The predicted molar refractivity (Wildman–Crippen MR) is 109 cm³/mol. The Labute approximate surface area is 166 Å². The van der Waals surface area contributed by atoms with Gasteiger partial charge in [0.05, 0.1) is 11.2 Å². The zero-order chi connectivity index (χ0) is 20.4. The molecular weight excluding hydrogens is 371 g/mol. The van der Waals surface area contributed by atoms with Crippen molar-refractivity contribution in [2.75, 3.05) is 10.6 Å². The summed E-state index contributed by atoms with van der Waals surface area (Å²) >= 11 is 0. The third-order valence-electron chi connectivity index (χ3n) is 4.48. The zero-order valence-electron chi connectivity index (χ0n) is 15.5. The highest BCUT2D eigenvalue weighted by Gasteiger charge is 2.22. The molecule has 2 aromatic heterocycles. The van der Waals surface area contributed by atoms with Crippen LogP contribution < -0.4 is 10.6 Å². The van der Waals surface area contributed by atoms with Gasteiger partial charge in [0.1, 0.15) is 5.82 Å². The molecule has 2 N–H and O–H groups in total. The Morgan fingerprint density at radius 2 is 1.52 bits per heavy atom. The molecule has 0 atom stereocenters. The molecule has 0 radical (unpaired) electrons. The summed E-state index contributed by atoms with van der Waals surface area (Å²) in [5.74, 6) is -1.63. The molecule has 0 saturated heterocycles. The van der Waals surface area contributed by atoms with Crippen LogP contribution >= 0.6 is 0 Å². The van der Waals surface area contributed by atoms with Crippen LogP contribution in [0.25, 0.3) is 5.52 Å². The first-order chi connectivity index (χ1) is 14.0. The van der Waals surface area contributed by atoms with Gasteiger partial charge < -0.3 is 10.6 Å². The number of fused-ring (bicyclic) bond motifs is 1. The number of hydrogen-bond acceptors (Lipinski definition) is 3. The topological polar surface area (TPSA) is 75.5 Å². The van der Waals surface area contributed by atoms with Crippen molar-refractivity contribution in [3.05, 3.63) is 95.8 Å². The predicted octanol–water partition coefficient (Wildman–Crippen LogP) is 4.29. The quantitative estimate of drug-likeness (QED) is 0.548. The van der Waals surface area contributed by atoms with Gasteiger partial charge in [-0.25, -0.2) is 9.37 Å². The maximum absolute atomic E-state index is 13.9.